The van der Waals surface area contributed by atoms with Gasteiger partial charge in [-0.2, -0.15) is 0 Å². The van der Waals surface area contributed by atoms with Crippen LogP contribution >= 0.6 is 23.1 Å². The number of hydrogen-bond donors (Lipinski definition) is 1. The fraction of sp³-hybridized carbons (Fsp3) is 0.273. The number of nitrogens with zero attached hydrogens (tertiary/aromatic N) is 3. The molecule has 0 spiro atoms. The van der Waals surface area contributed by atoms with Gasteiger partial charge in [0, 0.05) is 30.6 Å². The third-order valence-electron chi connectivity index (χ3n) is 5.27. The van der Waals surface area contributed by atoms with Crippen molar-refractivity contribution in [3.63, 3.8) is 0 Å². The van der Waals surface area contributed by atoms with Crippen LogP contribution in [-0.4, -0.2) is 41.4 Å². The lowest BCUT2D eigenvalue weighted by Gasteiger charge is -2.35. The number of amidine groups is 1. The maximum atomic E-state index is 13.5. The number of aryl methyl sites for hydroxylation is 1. The minimum absolute atomic E-state index is 0.166. The largest absolute Gasteiger partial charge is 0.352 e. The Kier molecular flexibility index (Phi) is 5.35. The Morgan fingerprint density at radius 3 is 3.03 bits per heavy atom. The minimum atomic E-state index is -0.166. The lowest BCUT2D eigenvalue weighted by molar-refractivity contribution is 0.281. The Morgan fingerprint density at radius 2 is 2.10 bits per heavy atom. The first-order valence-corrected chi connectivity index (χ1v) is 11.5. The van der Waals surface area contributed by atoms with E-state index in [4.69, 9.17) is 4.99 Å². The predicted octanol–water partition coefficient (Wildman–Crippen LogP) is 4.73. The van der Waals surface area contributed by atoms with E-state index in [-0.39, 0.29) is 5.82 Å². The summed E-state index contributed by atoms with van der Waals surface area (Å²) in [6.07, 6.45) is 1.82. The van der Waals surface area contributed by atoms with Crippen molar-refractivity contribution in [1.82, 2.24) is 15.2 Å². The van der Waals surface area contributed by atoms with Crippen LogP contribution in [-0.2, 0) is 6.42 Å². The zero-order valence-electron chi connectivity index (χ0n) is 15.8. The van der Waals surface area contributed by atoms with E-state index in [1.165, 1.54) is 15.2 Å². The Balaban J connectivity index is 1.36. The van der Waals surface area contributed by atoms with Gasteiger partial charge in [-0.1, -0.05) is 36.0 Å². The van der Waals surface area contributed by atoms with Crippen LogP contribution in [0.15, 0.2) is 68.1 Å². The van der Waals surface area contributed by atoms with Crippen LogP contribution in [0.25, 0.3) is 0 Å². The van der Waals surface area contributed by atoms with E-state index in [1.54, 1.807) is 35.2 Å². The highest BCUT2D eigenvalue weighted by atomic mass is 32.2. The quantitative estimate of drug-likeness (QED) is 0.660. The molecule has 0 amide bonds. The van der Waals surface area contributed by atoms with E-state index >= 15 is 0 Å². The van der Waals surface area contributed by atoms with E-state index in [1.807, 2.05) is 17.6 Å². The number of piperazine rings is 1. The first-order chi connectivity index (χ1) is 14.3. The van der Waals surface area contributed by atoms with Crippen LogP contribution in [0.3, 0.4) is 0 Å². The summed E-state index contributed by atoms with van der Waals surface area (Å²) in [5, 5.41) is 3.61. The molecular weight excluding hydrogens is 403 g/mol. The molecule has 1 atom stereocenters. The Labute approximate surface area is 177 Å². The fourth-order valence-electron chi connectivity index (χ4n) is 3.82. The van der Waals surface area contributed by atoms with Crippen LogP contribution < -0.4 is 5.32 Å². The van der Waals surface area contributed by atoms with Gasteiger partial charge in [0.05, 0.1) is 15.4 Å². The molecule has 7 heteroatoms. The standard InChI is InChI=1S/C22H21FN4S2/c23-16-5-3-4-15(12-16)8-9-17-13-27(11-10-24-17)21-20-22(28-14-25-20)29-19-7-2-1-6-18(19)26-21/h1-7,12,14,17,24H,8-11,13H2/t17-/m0/s1. The average molecular weight is 425 g/mol. The van der Waals surface area contributed by atoms with E-state index < -0.39 is 0 Å². The Bertz CT molecular complexity index is 1050. The number of halogens is 1. The maximum absolute atomic E-state index is 13.5. The molecule has 0 bridgehead atoms. The van der Waals surface area contributed by atoms with Gasteiger partial charge in [0.25, 0.3) is 0 Å². The van der Waals surface area contributed by atoms with Crippen molar-refractivity contribution in [1.29, 1.82) is 0 Å². The maximum Gasteiger partial charge on any atom is 0.157 e. The highest BCUT2D eigenvalue weighted by Gasteiger charge is 2.28. The van der Waals surface area contributed by atoms with E-state index in [0.717, 1.165) is 55.3 Å². The predicted molar refractivity (Wildman–Crippen MR) is 117 cm³/mol. The second kappa shape index (κ2) is 8.26. The van der Waals surface area contributed by atoms with Gasteiger partial charge in [-0.05, 0) is 42.7 Å². The number of benzene rings is 2. The number of aromatic nitrogens is 1. The molecule has 1 aromatic heterocycles. The fourth-order valence-corrected chi connectivity index (χ4v) is 5.73. The van der Waals surface area contributed by atoms with Crippen LogP contribution in [0.5, 0.6) is 0 Å². The first kappa shape index (κ1) is 18.8. The van der Waals surface area contributed by atoms with Crippen molar-refractivity contribution >= 4 is 34.6 Å². The molecule has 3 heterocycles. The van der Waals surface area contributed by atoms with E-state index in [9.17, 15) is 4.39 Å². The molecule has 148 valence electrons. The van der Waals surface area contributed by atoms with Gasteiger partial charge in [-0.3, -0.25) is 0 Å². The van der Waals surface area contributed by atoms with Crippen LogP contribution in [0, 0.1) is 5.82 Å². The van der Waals surface area contributed by atoms with E-state index in [0.29, 0.717) is 6.04 Å². The molecule has 2 aliphatic heterocycles. The monoisotopic (exact) mass is 424 g/mol. The lowest BCUT2D eigenvalue weighted by atomic mass is 10.0. The molecule has 1 N–H and O–H groups in total. The van der Waals surface area contributed by atoms with Crippen molar-refractivity contribution in [2.24, 2.45) is 4.99 Å². The van der Waals surface area contributed by atoms with Gasteiger partial charge in [0.1, 0.15) is 11.5 Å². The number of fused-ring (bicyclic) bond motifs is 2. The molecule has 4 nitrogen and oxygen atoms in total. The summed E-state index contributed by atoms with van der Waals surface area (Å²) in [5.41, 5.74) is 4.95. The summed E-state index contributed by atoms with van der Waals surface area (Å²) in [7, 11) is 0. The number of aliphatic imine (C=N–C) groups is 1. The molecule has 2 aromatic carbocycles. The molecule has 1 saturated heterocycles. The number of para-hydroxylation sites is 1. The van der Waals surface area contributed by atoms with Crippen molar-refractivity contribution in [2.45, 2.75) is 28.0 Å². The van der Waals surface area contributed by atoms with Crippen molar-refractivity contribution in [2.75, 3.05) is 19.6 Å². The van der Waals surface area contributed by atoms with Crippen molar-refractivity contribution in [3.05, 3.63) is 71.1 Å². The number of thiazole rings is 1. The molecular formula is C22H21FN4S2. The second-order valence-electron chi connectivity index (χ2n) is 7.26. The molecule has 2 aliphatic rings. The number of hydrogen-bond acceptors (Lipinski definition) is 6. The van der Waals surface area contributed by atoms with Crippen molar-refractivity contribution < 1.29 is 4.39 Å². The van der Waals surface area contributed by atoms with Crippen LogP contribution in [0.2, 0.25) is 0 Å². The third-order valence-corrected chi connectivity index (χ3v) is 7.37. The van der Waals surface area contributed by atoms with Gasteiger partial charge < -0.3 is 10.2 Å². The molecule has 0 aliphatic carbocycles. The van der Waals surface area contributed by atoms with Gasteiger partial charge in [-0.25, -0.2) is 14.4 Å². The first-order valence-electron chi connectivity index (χ1n) is 9.78. The van der Waals surface area contributed by atoms with Gasteiger partial charge >= 0.3 is 0 Å². The summed E-state index contributed by atoms with van der Waals surface area (Å²) < 4.78 is 14.7. The number of nitrogens with one attached hydrogen (secondary N) is 1. The molecule has 0 unspecified atom stereocenters. The topological polar surface area (TPSA) is 40.5 Å². The zero-order chi connectivity index (χ0) is 19.6. The summed E-state index contributed by atoms with van der Waals surface area (Å²) in [6, 6.07) is 15.5. The molecule has 0 radical (unpaired) electrons. The average Bonchev–Trinajstić information content (AvgIpc) is 3.13. The SMILES string of the molecule is Fc1cccc(CC[C@H]2CN(C3=Nc4ccccc4Sc4scnc43)CCN2)c1. The minimum Gasteiger partial charge on any atom is -0.352 e. The summed E-state index contributed by atoms with van der Waals surface area (Å²) in [6.45, 7) is 2.68. The van der Waals surface area contributed by atoms with Gasteiger partial charge in [-0.15, -0.1) is 11.3 Å². The van der Waals surface area contributed by atoms with Crippen LogP contribution in [0.4, 0.5) is 10.1 Å². The van der Waals surface area contributed by atoms with Crippen LogP contribution in [0.1, 0.15) is 17.7 Å². The third kappa shape index (κ3) is 4.08. The van der Waals surface area contributed by atoms with E-state index in [2.05, 4.69) is 33.4 Å². The lowest BCUT2D eigenvalue weighted by Crippen LogP contribution is -2.53. The summed E-state index contributed by atoms with van der Waals surface area (Å²) in [4.78, 5) is 13.2. The second-order valence-corrected chi connectivity index (χ2v) is 9.42. The molecule has 5 rings (SSSR count). The van der Waals surface area contributed by atoms with Gasteiger partial charge in [0.2, 0.25) is 0 Å². The molecule has 0 saturated carbocycles. The van der Waals surface area contributed by atoms with Gasteiger partial charge in [0.15, 0.2) is 5.84 Å². The highest BCUT2D eigenvalue weighted by Crippen LogP contribution is 2.42. The Hall–Kier alpha value is -2.22. The number of rotatable bonds is 3. The summed E-state index contributed by atoms with van der Waals surface area (Å²) >= 11 is 3.42. The highest BCUT2D eigenvalue weighted by molar-refractivity contribution is 8.01. The Morgan fingerprint density at radius 1 is 1.17 bits per heavy atom. The smallest absolute Gasteiger partial charge is 0.157 e. The molecule has 29 heavy (non-hydrogen) atoms. The summed E-state index contributed by atoms with van der Waals surface area (Å²) in [5.74, 6) is 0.803. The van der Waals surface area contributed by atoms with Crippen molar-refractivity contribution in [3.8, 4) is 0 Å². The molecule has 1 fully saturated rings. The zero-order valence-corrected chi connectivity index (χ0v) is 17.5. The molecule has 3 aromatic rings. The normalized spacial score (nSPS) is 18.6.